The van der Waals surface area contributed by atoms with Crippen LogP contribution in [0.5, 0.6) is 0 Å². The van der Waals surface area contributed by atoms with E-state index in [-0.39, 0.29) is 0 Å². The van der Waals surface area contributed by atoms with Crippen molar-refractivity contribution in [3.63, 3.8) is 0 Å². The molecule has 2 aliphatic rings. The van der Waals surface area contributed by atoms with E-state index in [1.807, 2.05) is 0 Å². The standard InChI is InChI=1S/C15H20N4OS/c1-10-16-13(9-21-10)8-19-6-2-3-12(7-19)14-17-15(20-18-14)11-4-5-11/h9,11-12H,2-8H2,1H3. The maximum absolute atomic E-state index is 5.41. The Hall–Kier alpha value is -1.27. The zero-order chi connectivity index (χ0) is 14.2. The highest BCUT2D eigenvalue weighted by molar-refractivity contribution is 7.09. The summed E-state index contributed by atoms with van der Waals surface area (Å²) >= 11 is 1.73. The van der Waals surface area contributed by atoms with Crippen molar-refractivity contribution in [1.29, 1.82) is 0 Å². The molecule has 2 fully saturated rings. The largest absolute Gasteiger partial charge is 0.339 e. The second kappa shape index (κ2) is 5.50. The zero-order valence-corrected chi connectivity index (χ0v) is 13.1. The minimum absolute atomic E-state index is 0.412. The summed E-state index contributed by atoms with van der Waals surface area (Å²) in [4.78, 5) is 11.7. The molecule has 1 aliphatic heterocycles. The molecule has 0 aromatic carbocycles. The lowest BCUT2D eigenvalue weighted by Gasteiger charge is -2.30. The number of rotatable bonds is 4. The van der Waals surface area contributed by atoms with Crippen LogP contribution in [0.3, 0.4) is 0 Å². The first kappa shape index (κ1) is 13.4. The normalized spacial score (nSPS) is 23.6. The molecule has 1 saturated carbocycles. The molecule has 21 heavy (non-hydrogen) atoms. The predicted molar refractivity (Wildman–Crippen MR) is 80.4 cm³/mol. The second-order valence-corrected chi connectivity index (χ2v) is 7.26. The highest BCUT2D eigenvalue weighted by atomic mass is 32.1. The Kier molecular flexibility index (Phi) is 3.51. The molecule has 1 atom stereocenters. The van der Waals surface area contributed by atoms with Crippen LogP contribution in [0, 0.1) is 6.92 Å². The molecule has 2 aromatic heterocycles. The maximum atomic E-state index is 5.41. The Morgan fingerprint density at radius 2 is 2.19 bits per heavy atom. The van der Waals surface area contributed by atoms with Crippen LogP contribution in [-0.2, 0) is 6.54 Å². The summed E-state index contributed by atoms with van der Waals surface area (Å²) in [5, 5.41) is 7.53. The number of nitrogens with zero attached hydrogens (tertiary/aromatic N) is 4. The van der Waals surface area contributed by atoms with E-state index in [2.05, 4.69) is 32.3 Å². The first-order valence-electron chi connectivity index (χ1n) is 7.75. The lowest BCUT2D eigenvalue weighted by molar-refractivity contribution is 0.193. The molecule has 6 heteroatoms. The summed E-state index contributed by atoms with van der Waals surface area (Å²) in [6.07, 6.45) is 4.78. The molecule has 0 N–H and O–H groups in total. The summed E-state index contributed by atoms with van der Waals surface area (Å²) in [5.74, 6) is 2.73. The minimum Gasteiger partial charge on any atom is -0.339 e. The van der Waals surface area contributed by atoms with Crippen molar-refractivity contribution in [2.45, 2.75) is 51.0 Å². The molecule has 0 spiro atoms. The van der Waals surface area contributed by atoms with E-state index >= 15 is 0 Å². The van der Waals surface area contributed by atoms with Crippen LogP contribution in [0.2, 0.25) is 0 Å². The zero-order valence-electron chi connectivity index (χ0n) is 12.3. The highest BCUT2D eigenvalue weighted by Crippen LogP contribution is 2.39. The van der Waals surface area contributed by atoms with Crippen LogP contribution in [0.25, 0.3) is 0 Å². The van der Waals surface area contributed by atoms with E-state index in [1.54, 1.807) is 11.3 Å². The summed E-state index contributed by atoms with van der Waals surface area (Å²) < 4.78 is 5.41. The Labute approximate surface area is 128 Å². The van der Waals surface area contributed by atoms with Crippen molar-refractivity contribution in [2.75, 3.05) is 13.1 Å². The number of aromatic nitrogens is 3. The molecule has 1 aliphatic carbocycles. The monoisotopic (exact) mass is 304 g/mol. The Morgan fingerprint density at radius 1 is 1.29 bits per heavy atom. The summed E-state index contributed by atoms with van der Waals surface area (Å²) in [6, 6.07) is 0. The number of aryl methyl sites for hydroxylation is 1. The van der Waals surface area contributed by atoms with Crippen molar-refractivity contribution >= 4 is 11.3 Å². The number of likely N-dealkylation sites (tertiary alicyclic amines) is 1. The van der Waals surface area contributed by atoms with Crippen molar-refractivity contribution in [1.82, 2.24) is 20.0 Å². The van der Waals surface area contributed by atoms with Gasteiger partial charge in [-0.25, -0.2) is 4.98 Å². The third-order valence-electron chi connectivity index (χ3n) is 4.31. The first-order valence-corrected chi connectivity index (χ1v) is 8.63. The van der Waals surface area contributed by atoms with Crippen molar-refractivity contribution in [2.24, 2.45) is 0 Å². The van der Waals surface area contributed by atoms with Gasteiger partial charge < -0.3 is 4.52 Å². The van der Waals surface area contributed by atoms with Crippen molar-refractivity contribution in [3.05, 3.63) is 27.8 Å². The Bertz CT molecular complexity index is 619. The van der Waals surface area contributed by atoms with Crippen molar-refractivity contribution < 1.29 is 4.52 Å². The fraction of sp³-hybridized carbons (Fsp3) is 0.667. The molecule has 1 unspecified atom stereocenters. The molecule has 3 heterocycles. The Morgan fingerprint density at radius 3 is 2.95 bits per heavy atom. The average molecular weight is 304 g/mol. The van der Waals surface area contributed by atoms with Gasteiger partial charge in [-0.05, 0) is 39.2 Å². The fourth-order valence-corrected chi connectivity index (χ4v) is 3.63. The van der Waals surface area contributed by atoms with Gasteiger partial charge in [-0.15, -0.1) is 11.3 Å². The molecule has 112 valence electrons. The van der Waals surface area contributed by atoms with Crippen LogP contribution < -0.4 is 0 Å². The topological polar surface area (TPSA) is 55.1 Å². The lowest BCUT2D eigenvalue weighted by Crippen LogP contribution is -2.34. The van der Waals surface area contributed by atoms with Gasteiger partial charge in [0.2, 0.25) is 5.89 Å². The third-order valence-corrected chi connectivity index (χ3v) is 5.13. The van der Waals surface area contributed by atoms with Gasteiger partial charge >= 0.3 is 0 Å². The van der Waals surface area contributed by atoms with Gasteiger partial charge in [0, 0.05) is 30.3 Å². The Balaban J connectivity index is 1.41. The average Bonchev–Trinajstić information content (AvgIpc) is 3.07. The minimum atomic E-state index is 0.412. The molecular weight excluding hydrogens is 284 g/mol. The molecular formula is C15H20N4OS. The van der Waals surface area contributed by atoms with E-state index in [1.165, 1.54) is 25.0 Å². The summed E-state index contributed by atoms with van der Waals surface area (Å²) in [7, 11) is 0. The molecule has 0 radical (unpaired) electrons. The van der Waals surface area contributed by atoms with Gasteiger partial charge in [-0.2, -0.15) is 4.98 Å². The molecule has 2 aromatic rings. The van der Waals surface area contributed by atoms with E-state index < -0.39 is 0 Å². The van der Waals surface area contributed by atoms with Crippen LogP contribution in [0.15, 0.2) is 9.90 Å². The summed E-state index contributed by atoms with van der Waals surface area (Å²) in [5.41, 5.74) is 1.19. The number of hydrogen-bond donors (Lipinski definition) is 0. The smallest absolute Gasteiger partial charge is 0.229 e. The molecule has 0 bridgehead atoms. The van der Waals surface area contributed by atoms with Gasteiger partial charge in [0.25, 0.3) is 0 Å². The molecule has 1 saturated heterocycles. The fourth-order valence-electron chi connectivity index (χ4n) is 3.03. The number of thiazole rings is 1. The molecule has 0 amide bonds. The highest BCUT2D eigenvalue weighted by Gasteiger charge is 2.32. The van der Waals surface area contributed by atoms with E-state index in [4.69, 9.17) is 4.52 Å². The number of piperidine rings is 1. The predicted octanol–water partition coefficient (Wildman–Crippen LogP) is 3.09. The summed E-state index contributed by atoms with van der Waals surface area (Å²) in [6.45, 7) is 5.15. The van der Waals surface area contributed by atoms with Crippen LogP contribution in [0.4, 0.5) is 0 Å². The maximum Gasteiger partial charge on any atom is 0.229 e. The van der Waals surface area contributed by atoms with Crippen LogP contribution >= 0.6 is 11.3 Å². The quantitative estimate of drug-likeness (QED) is 0.869. The first-order chi connectivity index (χ1) is 10.3. The SMILES string of the molecule is Cc1nc(CN2CCCC(c3noc(C4CC4)n3)C2)cs1. The van der Waals surface area contributed by atoms with Crippen LogP contribution in [0.1, 0.15) is 59.9 Å². The van der Waals surface area contributed by atoms with Gasteiger partial charge in [0.15, 0.2) is 5.82 Å². The van der Waals surface area contributed by atoms with Gasteiger partial charge in [-0.3, -0.25) is 4.90 Å². The van der Waals surface area contributed by atoms with Crippen LogP contribution in [-0.4, -0.2) is 33.1 Å². The van der Waals surface area contributed by atoms with E-state index in [0.717, 1.165) is 42.8 Å². The lowest BCUT2D eigenvalue weighted by atomic mass is 9.97. The van der Waals surface area contributed by atoms with Gasteiger partial charge in [0.1, 0.15) is 0 Å². The van der Waals surface area contributed by atoms with E-state index in [9.17, 15) is 0 Å². The van der Waals surface area contributed by atoms with Crippen molar-refractivity contribution in [3.8, 4) is 0 Å². The van der Waals surface area contributed by atoms with E-state index in [0.29, 0.717) is 11.8 Å². The second-order valence-electron chi connectivity index (χ2n) is 6.20. The number of hydrogen-bond acceptors (Lipinski definition) is 6. The molecule has 4 rings (SSSR count). The van der Waals surface area contributed by atoms with Gasteiger partial charge in [0.05, 0.1) is 10.7 Å². The third kappa shape index (κ3) is 3.01. The molecule has 5 nitrogen and oxygen atoms in total. The van der Waals surface area contributed by atoms with Gasteiger partial charge in [-0.1, -0.05) is 5.16 Å².